The number of anilines is 1. The fourth-order valence-electron chi connectivity index (χ4n) is 3.56. The molecule has 2 aromatic heterocycles. The zero-order valence-corrected chi connectivity index (χ0v) is 15.6. The lowest BCUT2D eigenvalue weighted by atomic mass is 10.0. The molecule has 5 aromatic rings. The first-order valence-electron chi connectivity index (χ1n) is 9.12. The number of fused-ring (bicyclic) bond motifs is 3. The van der Waals surface area contributed by atoms with Gasteiger partial charge in [-0.3, -0.25) is 9.78 Å². The maximum absolute atomic E-state index is 13.1. The molecule has 0 bridgehead atoms. The summed E-state index contributed by atoms with van der Waals surface area (Å²) in [6.45, 7) is 1.94. The van der Waals surface area contributed by atoms with E-state index in [4.69, 9.17) is 0 Å². The van der Waals surface area contributed by atoms with Crippen LogP contribution in [0.5, 0.6) is 0 Å². The molecular formula is C22H16N6O. The van der Waals surface area contributed by atoms with Gasteiger partial charge in [0.25, 0.3) is 5.91 Å². The lowest BCUT2D eigenvalue weighted by molar-refractivity contribution is 0.102. The van der Waals surface area contributed by atoms with Gasteiger partial charge < -0.3 is 5.32 Å². The molecule has 0 saturated heterocycles. The number of carbonyl (C=O) groups is 1. The normalized spacial score (nSPS) is 11.1. The van der Waals surface area contributed by atoms with Gasteiger partial charge in [0.05, 0.1) is 16.8 Å². The number of nitrogens with zero attached hydrogens (tertiary/aromatic N) is 5. The fraction of sp³-hybridized carbons (Fsp3) is 0.0455. The van der Waals surface area contributed by atoms with Crippen molar-refractivity contribution in [3.05, 3.63) is 84.3 Å². The second kappa shape index (κ2) is 6.79. The average Bonchev–Trinajstić information content (AvgIpc) is 3.28. The molecule has 0 aliphatic rings. The Morgan fingerprint density at radius 1 is 1.00 bits per heavy atom. The van der Waals surface area contributed by atoms with Crippen LogP contribution in [0.15, 0.2) is 73.2 Å². The number of tetrazole rings is 1. The average molecular weight is 380 g/mol. The van der Waals surface area contributed by atoms with Gasteiger partial charge in [-0.1, -0.05) is 30.3 Å². The summed E-state index contributed by atoms with van der Waals surface area (Å²) in [6.07, 6.45) is 3.24. The van der Waals surface area contributed by atoms with Crippen molar-refractivity contribution in [1.82, 2.24) is 25.2 Å². The highest BCUT2D eigenvalue weighted by molar-refractivity contribution is 6.18. The van der Waals surface area contributed by atoms with Gasteiger partial charge >= 0.3 is 0 Å². The number of carbonyl (C=O) groups excluding carboxylic acids is 1. The Labute approximate surface area is 166 Å². The number of benzene rings is 3. The van der Waals surface area contributed by atoms with Gasteiger partial charge in [0.1, 0.15) is 6.33 Å². The van der Waals surface area contributed by atoms with Crippen molar-refractivity contribution in [2.45, 2.75) is 6.92 Å². The maximum atomic E-state index is 13.1. The number of aromatic nitrogens is 5. The highest BCUT2D eigenvalue weighted by Gasteiger charge is 2.15. The van der Waals surface area contributed by atoms with E-state index >= 15 is 0 Å². The second-order valence-electron chi connectivity index (χ2n) is 6.75. The van der Waals surface area contributed by atoms with Crippen LogP contribution in [0.4, 0.5) is 5.69 Å². The van der Waals surface area contributed by atoms with Crippen molar-refractivity contribution in [1.29, 1.82) is 0 Å². The van der Waals surface area contributed by atoms with E-state index in [0.717, 1.165) is 27.4 Å². The molecule has 140 valence electrons. The second-order valence-corrected chi connectivity index (χ2v) is 6.75. The van der Waals surface area contributed by atoms with Crippen molar-refractivity contribution in [3.63, 3.8) is 0 Å². The van der Waals surface area contributed by atoms with Gasteiger partial charge in [0.2, 0.25) is 0 Å². The smallest absolute Gasteiger partial charge is 0.257 e. The van der Waals surface area contributed by atoms with E-state index in [-0.39, 0.29) is 5.91 Å². The van der Waals surface area contributed by atoms with Crippen LogP contribution in [0, 0.1) is 6.92 Å². The Balaban J connectivity index is 1.54. The molecule has 1 N–H and O–H groups in total. The maximum Gasteiger partial charge on any atom is 0.257 e. The van der Waals surface area contributed by atoms with Crippen LogP contribution in [0.1, 0.15) is 15.9 Å². The third-order valence-corrected chi connectivity index (χ3v) is 4.91. The molecule has 2 heterocycles. The number of hydrogen-bond donors (Lipinski definition) is 1. The minimum atomic E-state index is -0.200. The van der Waals surface area contributed by atoms with Crippen molar-refractivity contribution in [2.75, 3.05) is 5.32 Å². The van der Waals surface area contributed by atoms with E-state index in [1.165, 1.54) is 6.33 Å². The molecule has 0 aliphatic carbocycles. The first kappa shape index (κ1) is 17.0. The van der Waals surface area contributed by atoms with Crippen LogP contribution in [0.3, 0.4) is 0 Å². The number of hydrogen-bond acceptors (Lipinski definition) is 5. The summed E-state index contributed by atoms with van der Waals surface area (Å²) in [7, 11) is 0. The van der Waals surface area contributed by atoms with Crippen LogP contribution in [-0.2, 0) is 0 Å². The molecule has 1 amide bonds. The molecular weight excluding hydrogens is 364 g/mol. The third kappa shape index (κ3) is 2.98. The molecule has 0 atom stereocenters. The summed E-state index contributed by atoms with van der Waals surface area (Å²) in [4.78, 5) is 17.6. The van der Waals surface area contributed by atoms with Crippen LogP contribution >= 0.6 is 0 Å². The topological polar surface area (TPSA) is 85.6 Å². The van der Waals surface area contributed by atoms with Crippen LogP contribution in [0.25, 0.3) is 27.4 Å². The van der Waals surface area contributed by atoms with Crippen molar-refractivity contribution in [3.8, 4) is 5.69 Å². The molecule has 7 heteroatoms. The monoisotopic (exact) mass is 380 g/mol. The van der Waals surface area contributed by atoms with Crippen LogP contribution in [-0.4, -0.2) is 31.1 Å². The van der Waals surface area contributed by atoms with Gasteiger partial charge in [0.15, 0.2) is 0 Å². The standard InChI is InChI=1S/C22H16N6O/c1-14-11-16(8-9-20(14)28-13-24-26-27-28)25-22(29)19-12-15-5-2-3-6-17(15)18-7-4-10-23-21(18)19/h2-13H,1H3,(H,25,29). The van der Waals surface area contributed by atoms with Gasteiger partial charge in [-0.15, -0.1) is 5.10 Å². The number of pyridine rings is 1. The van der Waals surface area contributed by atoms with E-state index in [9.17, 15) is 4.79 Å². The van der Waals surface area contributed by atoms with Gasteiger partial charge in [0, 0.05) is 17.3 Å². The Bertz CT molecular complexity index is 1360. The molecule has 0 spiro atoms. The summed E-state index contributed by atoms with van der Waals surface area (Å²) >= 11 is 0. The summed E-state index contributed by atoms with van der Waals surface area (Å²) in [5, 5.41) is 17.3. The Morgan fingerprint density at radius 3 is 2.69 bits per heavy atom. The highest BCUT2D eigenvalue weighted by atomic mass is 16.1. The minimum Gasteiger partial charge on any atom is -0.322 e. The van der Waals surface area contributed by atoms with Crippen LogP contribution < -0.4 is 5.32 Å². The number of aryl methyl sites for hydroxylation is 1. The number of rotatable bonds is 3. The third-order valence-electron chi connectivity index (χ3n) is 4.91. The predicted octanol–water partition coefficient (Wildman–Crippen LogP) is 3.92. The molecule has 0 radical (unpaired) electrons. The van der Waals surface area contributed by atoms with Crippen molar-refractivity contribution in [2.24, 2.45) is 0 Å². The molecule has 0 saturated carbocycles. The SMILES string of the molecule is Cc1cc(NC(=O)c2cc3ccccc3c3cccnc23)ccc1-n1cnnn1. The van der Waals surface area contributed by atoms with E-state index in [2.05, 4.69) is 25.8 Å². The zero-order chi connectivity index (χ0) is 19.8. The van der Waals surface area contributed by atoms with E-state index in [1.54, 1.807) is 10.9 Å². The fourth-order valence-corrected chi connectivity index (χ4v) is 3.56. The first-order valence-corrected chi connectivity index (χ1v) is 9.12. The molecule has 3 aromatic carbocycles. The predicted molar refractivity (Wildman–Crippen MR) is 111 cm³/mol. The minimum absolute atomic E-state index is 0.200. The molecule has 7 nitrogen and oxygen atoms in total. The lowest BCUT2D eigenvalue weighted by Gasteiger charge is -2.12. The number of nitrogens with one attached hydrogen (secondary N) is 1. The molecule has 0 unspecified atom stereocenters. The summed E-state index contributed by atoms with van der Waals surface area (Å²) in [6, 6.07) is 19.4. The molecule has 0 fully saturated rings. The molecule has 5 rings (SSSR count). The summed E-state index contributed by atoms with van der Waals surface area (Å²) in [5.74, 6) is -0.200. The van der Waals surface area contributed by atoms with E-state index in [0.29, 0.717) is 16.8 Å². The summed E-state index contributed by atoms with van der Waals surface area (Å²) in [5.41, 5.74) is 3.72. The largest absolute Gasteiger partial charge is 0.322 e. The molecule has 0 aliphatic heterocycles. The van der Waals surface area contributed by atoms with Crippen molar-refractivity contribution >= 4 is 33.3 Å². The lowest BCUT2D eigenvalue weighted by Crippen LogP contribution is -2.13. The number of amides is 1. The van der Waals surface area contributed by atoms with E-state index < -0.39 is 0 Å². The van der Waals surface area contributed by atoms with Crippen molar-refractivity contribution < 1.29 is 4.79 Å². The van der Waals surface area contributed by atoms with E-state index in [1.807, 2.05) is 67.6 Å². The summed E-state index contributed by atoms with van der Waals surface area (Å²) < 4.78 is 1.59. The highest BCUT2D eigenvalue weighted by Crippen LogP contribution is 2.28. The van der Waals surface area contributed by atoms with Gasteiger partial charge in [-0.2, -0.15) is 0 Å². The Morgan fingerprint density at radius 2 is 1.86 bits per heavy atom. The van der Waals surface area contributed by atoms with Gasteiger partial charge in [-0.05, 0) is 64.0 Å². The Kier molecular flexibility index (Phi) is 3.98. The van der Waals surface area contributed by atoms with Crippen LogP contribution in [0.2, 0.25) is 0 Å². The van der Waals surface area contributed by atoms with Gasteiger partial charge in [-0.25, -0.2) is 4.68 Å². The molecule has 29 heavy (non-hydrogen) atoms. The zero-order valence-electron chi connectivity index (χ0n) is 15.6. The quantitative estimate of drug-likeness (QED) is 0.480. The first-order chi connectivity index (χ1) is 14.2. The Hall–Kier alpha value is -4.13.